The highest BCUT2D eigenvalue weighted by Crippen LogP contribution is 2.22. The third kappa shape index (κ3) is 5.03. The number of amides is 1. The minimum Gasteiger partial charge on any atom is -0.365 e. The quantitative estimate of drug-likeness (QED) is 0.677. The van der Waals surface area contributed by atoms with Gasteiger partial charge in [-0.1, -0.05) is 13.8 Å². The number of halogens is 3. The highest BCUT2D eigenvalue weighted by molar-refractivity contribution is 5.94. The summed E-state index contributed by atoms with van der Waals surface area (Å²) < 4.78 is 36.6. The number of carbonyl (C=O) groups excluding carboxylic acids is 2. The average Bonchev–Trinajstić information content (AvgIpc) is 2.91. The molecular formula is C15H23F3N2O2. The van der Waals surface area contributed by atoms with Crippen LogP contribution in [0.4, 0.5) is 13.2 Å². The van der Waals surface area contributed by atoms with Crippen molar-refractivity contribution in [3.05, 3.63) is 12.3 Å². The third-order valence-corrected chi connectivity index (χ3v) is 3.57. The number of rotatable bonds is 7. The lowest BCUT2D eigenvalue weighted by molar-refractivity contribution is -0.165. The SMILES string of the molecule is CCCN(CCC)C(=O)C1CCCN1/C=C/C(=O)C(F)(F)F. The first-order chi connectivity index (χ1) is 10.3. The Morgan fingerprint density at radius 1 is 1.23 bits per heavy atom. The second-order valence-electron chi connectivity index (χ2n) is 5.40. The molecule has 7 heteroatoms. The number of allylic oxidation sites excluding steroid dienone is 1. The van der Waals surface area contributed by atoms with Crippen LogP contribution in [0.25, 0.3) is 0 Å². The number of hydrogen-bond acceptors (Lipinski definition) is 3. The number of hydrogen-bond donors (Lipinski definition) is 0. The maximum Gasteiger partial charge on any atom is 0.454 e. The molecule has 0 aliphatic carbocycles. The molecule has 0 N–H and O–H groups in total. The summed E-state index contributed by atoms with van der Waals surface area (Å²) in [5.41, 5.74) is 0. The first-order valence-corrected chi connectivity index (χ1v) is 7.65. The first-order valence-electron chi connectivity index (χ1n) is 7.65. The summed E-state index contributed by atoms with van der Waals surface area (Å²) in [6.07, 6.45) is -0.245. The summed E-state index contributed by atoms with van der Waals surface area (Å²) in [7, 11) is 0. The van der Waals surface area contributed by atoms with E-state index in [0.717, 1.165) is 25.5 Å². The molecule has 4 nitrogen and oxygen atoms in total. The van der Waals surface area contributed by atoms with Gasteiger partial charge in [0, 0.05) is 31.9 Å². The van der Waals surface area contributed by atoms with E-state index in [1.54, 1.807) is 9.80 Å². The van der Waals surface area contributed by atoms with E-state index < -0.39 is 18.0 Å². The Morgan fingerprint density at radius 2 is 1.82 bits per heavy atom. The Hall–Kier alpha value is -1.53. The predicted octanol–water partition coefficient (Wildman–Crippen LogP) is 2.74. The molecule has 1 aliphatic heterocycles. The van der Waals surface area contributed by atoms with Gasteiger partial charge in [0.25, 0.3) is 5.78 Å². The van der Waals surface area contributed by atoms with Crippen LogP contribution in [0.15, 0.2) is 12.3 Å². The second kappa shape index (κ2) is 8.19. The molecule has 1 fully saturated rings. The van der Waals surface area contributed by atoms with Crippen molar-refractivity contribution in [3.8, 4) is 0 Å². The molecule has 1 amide bonds. The second-order valence-corrected chi connectivity index (χ2v) is 5.40. The van der Waals surface area contributed by atoms with Crippen molar-refractivity contribution < 1.29 is 22.8 Å². The van der Waals surface area contributed by atoms with Crippen LogP contribution in [0.2, 0.25) is 0 Å². The topological polar surface area (TPSA) is 40.6 Å². The van der Waals surface area contributed by atoms with Crippen LogP contribution >= 0.6 is 0 Å². The molecule has 1 heterocycles. The van der Waals surface area contributed by atoms with E-state index in [1.807, 2.05) is 13.8 Å². The molecule has 1 unspecified atom stereocenters. The van der Waals surface area contributed by atoms with Gasteiger partial charge in [-0.3, -0.25) is 9.59 Å². The van der Waals surface area contributed by atoms with Crippen molar-refractivity contribution in [2.45, 2.75) is 51.7 Å². The van der Waals surface area contributed by atoms with Crippen molar-refractivity contribution in [1.82, 2.24) is 9.80 Å². The summed E-state index contributed by atoms with van der Waals surface area (Å²) in [5, 5.41) is 0. The number of nitrogens with zero attached hydrogens (tertiary/aromatic N) is 2. The average molecular weight is 320 g/mol. The van der Waals surface area contributed by atoms with Gasteiger partial charge in [-0.2, -0.15) is 13.2 Å². The third-order valence-electron chi connectivity index (χ3n) is 3.57. The van der Waals surface area contributed by atoms with Crippen molar-refractivity contribution in [2.24, 2.45) is 0 Å². The summed E-state index contributed by atoms with van der Waals surface area (Å²) in [6, 6.07) is -0.463. The molecule has 0 spiro atoms. The molecule has 1 saturated heterocycles. The van der Waals surface area contributed by atoms with Crippen molar-refractivity contribution in [1.29, 1.82) is 0 Å². The lowest BCUT2D eigenvalue weighted by Crippen LogP contribution is -2.44. The van der Waals surface area contributed by atoms with E-state index >= 15 is 0 Å². The van der Waals surface area contributed by atoms with Crippen molar-refractivity contribution in [2.75, 3.05) is 19.6 Å². The minimum absolute atomic E-state index is 0.0645. The predicted molar refractivity (Wildman–Crippen MR) is 77.1 cm³/mol. The molecule has 0 bridgehead atoms. The van der Waals surface area contributed by atoms with Crippen LogP contribution in [0.3, 0.4) is 0 Å². The van der Waals surface area contributed by atoms with Gasteiger partial charge in [-0.25, -0.2) is 0 Å². The Bertz CT molecular complexity index is 416. The van der Waals surface area contributed by atoms with Gasteiger partial charge in [-0.15, -0.1) is 0 Å². The summed E-state index contributed by atoms with van der Waals surface area (Å²) >= 11 is 0. The normalized spacial score (nSPS) is 19.0. The highest BCUT2D eigenvalue weighted by atomic mass is 19.4. The molecule has 126 valence electrons. The molecule has 0 aromatic rings. The van der Waals surface area contributed by atoms with Gasteiger partial charge in [0.1, 0.15) is 6.04 Å². The zero-order chi connectivity index (χ0) is 16.8. The Balaban J connectivity index is 2.75. The fourth-order valence-electron chi connectivity index (χ4n) is 2.57. The van der Waals surface area contributed by atoms with E-state index in [1.165, 1.54) is 0 Å². The Kier molecular flexibility index (Phi) is 6.90. The van der Waals surface area contributed by atoms with Crippen LogP contribution < -0.4 is 0 Å². The van der Waals surface area contributed by atoms with Crippen LogP contribution in [-0.2, 0) is 9.59 Å². The molecule has 0 saturated carbocycles. The zero-order valence-corrected chi connectivity index (χ0v) is 13.0. The highest BCUT2D eigenvalue weighted by Gasteiger charge is 2.37. The number of ketones is 1. The Morgan fingerprint density at radius 3 is 2.32 bits per heavy atom. The van der Waals surface area contributed by atoms with Crippen LogP contribution in [0.5, 0.6) is 0 Å². The van der Waals surface area contributed by atoms with Gasteiger partial charge >= 0.3 is 6.18 Å². The smallest absolute Gasteiger partial charge is 0.365 e. The molecule has 0 radical (unpaired) electrons. The Labute approximate surface area is 128 Å². The van der Waals surface area contributed by atoms with Gasteiger partial charge < -0.3 is 9.80 Å². The largest absolute Gasteiger partial charge is 0.454 e. The maximum atomic E-state index is 12.5. The van der Waals surface area contributed by atoms with Gasteiger partial charge in [0.2, 0.25) is 5.91 Å². The summed E-state index contributed by atoms with van der Waals surface area (Å²) in [4.78, 5) is 26.7. The number of likely N-dealkylation sites (tertiary alicyclic amines) is 1. The van der Waals surface area contributed by atoms with Crippen LogP contribution in [0.1, 0.15) is 39.5 Å². The van der Waals surface area contributed by atoms with Gasteiger partial charge in [0.05, 0.1) is 0 Å². The van der Waals surface area contributed by atoms with E-state index in [2.05, 4.69) is 0 Å². The lowest BCUT2D eigenvalue weighted by Gasteiger charge is -2.29. The van der Waals surface area contributed by atoms with Gasteiger partial charge in [-0.05, 0) is 25.7 Å². The molecule has 1 aliphatic rings. The molecule has 1 rings (SSSR count). The zero-order valence-electron chi connectivity index (χ0n) is 13.0. The minimum atomic E-state index is -4.87. The van der Waals surface area contributed by atoms with Crippen LogP contribution in [-0.4, -0.2) is 53.3 Å². The maximum absolute atomic E-state index is 12.5. The van der Waals surface area contributed by atoms with Crippen molar-refractivity contribution >= 4 is 11.7 Å². The molecule has 22 heavy (non-hydrogen) atoms. The summed E-state index contributed by atoms with van der Waals surface area (Å²) in [6.45, 7) is 5.73. The monoisotopic (exact) mass is 320 g/mol. The van der Waals surface area contributed by atoms with E-state index in [-0.39, 0.29) is 5.91 Å². The number of carbonyl (C=O) groups is 2. The summed E-state index contributed by atoms with van der Waals surface area (Å²) in [5.74, 6) is -1.96. The van der Waals surface area contributed by atoms with Crippen LogP contribution in [0, 0.1) is 0 Å². The lowest BCUT2D eigenvalue weighted by atomic mass is 10.2. The fraction of sp³-hybridized carbons (Fsp3) is 0.733. The van der Waals surface area contributed by atoms with E-state index in [4.69, 9.17) is 0 Å². The molecule has 0 aromatic carbocycles. The van der Waals surface area contributed by atoms with E-state index in [0.29, 0.717) is 32.1 Å². The standard InChI is InChI=1S/C15H23F3N2O2/c1-3-8-20(9-4-2)14(22)12-6-5-10-19(12)11-7-13(21)15(16,17)18/h7,11-12H,3-6,8-10H2,1-2H3/b11-7+. The van der Waals surface area contributed by atoms with E-state index in [9.17, 15) is 22.8 Å². The fourth-order valence-corrected chi connectivity index (χ4v) is 2.57. The molecular weight excluding hydrogens is 297 g/mol. The number of alkyl halides is 3. The molecule has 1 atom stereocenters. The molecule has 0 aromatic heterocycles. The first kappa shape index (κ1) is 18.5. The van der Waals surface area contributed by atoms with Crippen molar-refractivity contribution in [3.63, 3.8) is 0 Å². The van der Waals surface area contributed by atoms with Gasteiger partial charge in [0.15, 0.2) is 0 Å².